The van der Waals surface area contributed by atoms with Crippen LogP contribution in [-0.2, 0) is 0 Å². The van der Waals surface area contributed by atoms with E-state index in [1.54, 1.807) is 0 Å². The first-order valence-electron chi connectivity index (χ1n) is 7.62. The zero-order chi connectivity index (χ0) is 12.3. The van der Waals surface area contributed by atoms with Crippen LogP contribution in [0.15, 0.2) is 0 Å². The molecule has 0 aromatic heterocycles. The SMILES string of the molecule is CC(CC1CCC1)NCC1CCN(C(C)C)C1. The average Bonchev–Trinajstić information content (AvgIpc) is 2.69. The standard InChI is InChI=1S/C15H30N2/c1-12(2)17-8-7-15(11-17)10-16-13(3)9-14-5-4-6-14/h12-16H,4-11H2,1-3H3. The van der Waals surface area contributed by atoms with Gasteiger partial charge in [-0.05, 0) is 58.5 Å². The van der Waals surface area contributed by atoms with E-state index in [2.05, 4.69) is 31.0 Å². The van der Waals surface area contributed by atoms with Crippen LogP contribution in [0.2, 0.25) is 0 Å². The van der Waals surface area contributed by atoms with Crippen molar-refractivity contribution < 1.29 is 0 Å². The predicted molar refractivity (Wildman–Crippen MR) is 74.2 cm³/mol. The lowest BCUT2D eigenvalue weighted by molar-refractivity contribution is 0.251. The van der Waals surface area contributed by atoms with Crippen molar-refractivity contribution in [2.45, 2.75) is 65.0 Å². The van der Waals surface area contributed by atoms with E-state index in [1.807, 2.05) is 0 Å². The Morgan fingerprint density at radius 2 is 1.88 bits per heavy atom. The summed E-state index contributed by atoms with van der Waals surface area (Å²) in [5, 5.41) is 3.76. The highest BCUT2D eigenvalue weighted by Gasteiger charge is 2.25. The summed E-state index contributed by atoms with van der Waals surface area (Å²) in [6.07, 6.45) is 7.23. The van der Waals surface area contributed by atoms with Gasteiger partial charge in [0.05, 0.1) is 0 Å². The fraction of sp³-hybridized carbons (Fsp3) is 1.00. The molecule has 100 valence electrons. The van der Waals surface area contributed by atoms with E-state index >= 15 is 0 Å². The van der Waals surface area contributed by atoms with Crippen molar-refractivity contribution in [2.75, 3.05) is 19.6 Å². The number of rotatable bonds is 6. The minimum Gasteiger partial charge on any atom is -0.314 e. The molecule has 2 atom stereocenters. The summed E-state index contributed by atoms with van der Waals surface area (Å²) < 4.78 is 0. The highest BCUT2D eigenvalue weighted by atomic mass is 15.2. The lowest BCUT2D eigenvalue weighted by Crippen LogP contribution is -2.35. The van der Waals surface area contributed by atoms with Crippen molar-refractivity contribution in [1.29, 1.82) is 0 Å². The van der Waals surface area contributed by atoms with Crippen LogP contribution in [0.4, 0.5) is 0 Å². The molecule has 2 fully saturated rings. The van der Waals surface area contributed by atoms with Crippen molar-refractivity contribution in [2.24, 2.45) is 11.8 Å². The third-order valence-electron chi connectivity index (χ3n) is 4.71. The Bertz CT molecular complexity index is 223. The summed E-state index contributed by atoms with van der Waals surface area (Å²) in [5.74, 6) is 1.93. The molecule has 0 aromatic rings. The van der Waals surface area contributed by atoms with E-state index in [1.165, 1.54) is 51.7 Å². The molecule has 2 rings (SSSR count). The topological polar surface area (TPSA) is 15.3 Å². The van der Waals surface area contributed by atoms with Crippen LogP contribution in [0.3, 0.4) is 0 Å². The van der Waals surface area contributed by atoms with E-state index in [-0.39, 0.29) is 0 Å². The summed E-state index contributed by atoms with van der Waals surface area (Å²) in [4.78, 5) is 2.61. The smallest absolute Gasteiger partial charge is 0.00414 e. The molecular formula is C15H30N2. The Labute approximate surface area is 107 Å². The first-order chi connectivity index (χ1) is 8.15. The Hall–Kier alpha value is -0.0800. The number of likely N-dealkylation sites (tertiary alicyclic amines) is 1. The fourth-order valence-corrected chi connectivity index (χ4v) is 3.18. The van der Waals surface area contributed by atoms with Gasteiger partial charge >= 0.3 is 0 Å². The van der Waals surface area contributed by atoms with Crippen LogP contribution in [0.1, 0.15) is 52.9 Å². The molecule has 0 bridgehead atoms. The monoisotopic (exact) mass is 238 g/mol. The molecule has 1 heterocycles. The minimum atomic E-state index is 0.729. The van der Waals surface area contributed by atoms with Crippen LogP contribution < -0.4 is 5.32 Å². The summed E-state index contributed by atoms with van der Waals surface area (Å²) in [6.45, 7) is 10.8. The van der Waals surface area contributed by atoms with Gasteiger partial charge in [-0.25, -0.2) is 0 Å². The summed E-state index contributed by atoms with van der Waals surface area (Å²) in [6, 6.07) is 1.46. The zero-order valence-corrected chi connectivity index (χ0v) is 11.9. The molecule has 1 N–H and O–H groups in total. The van der Waals surface area contributed by atoms with Gasteiger partial charge in [-0.15, -0.1) is 0 Å². The number of hydrogen-bond donors (Lipinski definition) is 1. The maximum Gasteiger partial charge on any atom is 0.00414 e. The molecule has 0 spiro atoms. The van der Waals surface area contributed by atoms with Gasteiger partial charge in [0.2, 0.25) is 0 Å². The van der Waals surface area contributed by atoms with E-state index in [0.29, 0.717) is 0 Å². The summed E-state index contributed by atoms with van der Waals surface area (Å²) in [5.41, 5.74) is 0. The van der Waals surface area contributed by atoms with E-state index in [4.69, 9.17) is 0 Å². The molecule has 1 saturated heterocycles. The molecule has 17 heavy (non-hydrogen) atoms. The minimum absolute atomic E-state index is 0.729. The maximum atomic E-state index is 3.76. The molecule has 1 aliphatic heterocycles. The van der Waals surface area contributed by atoms with Gasteiger partial charge in [0.25, 0.3) is 0 Å². The third kappa shape index (κ3) is 3.96. The van der Waals surface area contributed by atoms with Gasteiger partial charge in [0.1, 0.15) is 0 Å². The average molecular weight is 238 g/mol. The van der Waals surface area contributed by atoms with Gasteiger partial charge in [-0.1, -0.05) is 19.3 Å². The van der Waals surface area contributed by atoms with E-state index in [0.717, 1.165) is 23.9 Å². The number of nitrogens with one attached hydrogen (secondary N) is 1. The molecule has 2 unspecified atom stereocenters. The largest absolute Gasteiger partial charge is 0.314 e. The van der Waals surface area contributed by atoms with Gasteiger partial charge in [0, 0.05) is 18.6 Å². The van der Waals surface area contributed by atoms with Crippen molar-refractivity contribution in [3.8, 4) is 0 Å². The van der Waals surface area contributed by atoms with Crippen molar-refractivity contribution in [1.82, 2.24) is 10.2 Å². The number of hydrogen-bond acceptors (Lipinski definition) is 2. The van der Waals surface area contributed by atoms with Gasteiger partial charge in [-0.3, -0.25) is 0 Å². The highest BCUT2D eigenvalue weighted by molar-refractivity contribution is 4.81. The second kappa shape index (κ2) is 6.19. The highest BCUT2D eigenvalue weighted by Crippen LogP contribution is 2.30. The quantitative estimate of drug-likeness (QED) is 0.765. The first kappa shape index (κ1) is 13.4. The van der Waals surface area contributed by atoms with Crippen molar-refractivity contribution in [3.63, 3.8) is 0 Å². The molecule has 2 heteroatoms. The van der Waals surface area contributed by atoms with Crippen LogP contribution >= 0.6 is 0 Å². The Balaban J connectivity index is 1.58. The van der Waals surface area contributed by atoms with Crippen LogP contribution in [0.5, 0.6) is 0 Å². The normalized spacial score (nSPS) is 28.6. The molecule has 1 saturated carbocycles. The molecule has 2 aliphatic rings. The van der Waals surface area contributed by atoms with E-state index < -0.39 is 0 Å². The second-order valence-corrected chi connectivity index (χ2v) is 6.59. The molecule has 0 aromatic carbocycles. The molecule has 0 amide bonds. The summed E-state index contributed by atoms with van der Waals surface area (Å²) in [7, 11) is 0. The third-order valence-corrected chi connectivity index (χ3v) is 4.71. The van der Waals surface area contributed by atoms with Crippen molar-refractivity contribution in [3.05, 3.63) is 0 Å². The Kier molecular flexibility index (Phi) is 4.87. The van der Waals surface area contributed by atoms with Gasteiger partial charge in [0.15, 0.2) is 0 Å². The van der Waals surface area contributed by atoms with Crippen LogP contribution in [-0.4, -0.2) is 36.6 Å². The van der Waals surface area contributed by atoms with Gasteiger partial charge in [-0.2, -0.15) is 0 Å². The fourth-order valence-electron chi connectivity index (χ4n) is 3.18. The van der Waals surface area contributed by atoms with Crippen molar-refractivity contribution >= 4 is 0 Å². The predicted octanol–water partition coefficient (Wildman–Crippen LogP) is 2.89. The summed E-state index contributed by atoms with van der Waals surface area (Å²) >= 11 is 0. The molecule has 2 nitrogen and oxygen atoms in total. The molecule has 1 aliphatic carbocycles. The second-order valence-electron chi connectivity index (χ2n) is 6.59. The Morgan fingerprint density at radius 1 is 1.12 bits per heavy atom. The first-order valence-corrected chi connectivity index (χ1v) is 7.62. The van der Waals surface area contributed by atoms with E-state index in [9.17, 15) is 0 Å². The zero-order valence-electron chi connectivity index (χ0n) is 11.9. The van der Waals surface area contributed by atoms with Crippen LogP contribution in [0.25, 0.3) is 0 Å². The lowest BCUT2D eigenvalue weighted by Gasteiger charge is -2.29. The molecular weight excluding hydrogens is 208 g/mol. The number of nitrogens with zero attached hydrogens (tertiary/aromatic N) is 1. The molecule has 0 radical (unpaired) electrons. The lowest BCUT2D eigenvalue weighted by atomic mass is 9.81. The Morgan fingerprint density at radius 3 is 2.41 bits per heavy atom. The van der Waals surface area contributed by atoms with Crippen LogP contribution in [0, 0.1) is 11.8 Å². The maximum absolute atomic E-state index is 3.76. The van der Waals surface area contributed by atoms with Gasteiger partial charge < -0.3 is 10.2 Å².